The molecule has 1 unspecified atom stereocenters. The SMILES string of the molecule is CN(CC(=O)N1CCCC1CN)S(=O)(=O)c1cccc([N+](=O)[O-])c1. The number of hydrogen-bond donors (Lipinski definition) is 1. The predicted octanol–water partition coefficient (Wildman–Crippen LogP) is 0.165. The average molecular weight is 356 g/mol. The largest absolute Gasteiger partial charge is 0.337 e. The quantitative estimate of drug-likeness (QED) is 0.571. The number of sulfonamides is 1. The highest BCUT2D eigenvalue weighted by Gasteiger charge is 2.31. The molecule has 132 valence electrons. The van der Waals surface area contributed by atoms with Crippen molar-refractivity contribution in [3.05, 3.63) is 34.4 Å². The van der Waals surface area contributed by atoms with E-state index in [4.69, 9.17) is 5.73 Å². The molecule has 2 N–H and O–H groups in total. The molecule has 1 heterocycles. The normalized spacial score (nSPS) is 18.1. The Morgan fingerprint density at radius 2 is 2.21 bits per heavy atom. The maximum absolute atomic E-state index is 12.5. The zero-order valence-electron chi connectivity index (χ0n) is 13.3. The molecule has 10 heteroatoms. The molecular formula is C14H20N4O5S. The van der Waals surface area contributed by atoms with E-state index < -0.39 is 14.9 Å². The zero-order chi connectivity index (χ0) is 17.9. The molecule has 0 radical (unpaired) electrons. The van der Waals surface area contributed by atoms with Gasteiger partial charge >= 0.3 is 0 Å². The second-order valence-electron chi connectivity index (χ2n) is 5.63. The van der Waals surface area contributed by atoms with E-state index >= 15 is 0 Å². The van der Waals surface area contributed by atoms with Gasteiger partial charge in [-0.25, -0.2) is 8.42 Å². The molecule has 1 amide bonds. The number of hydrogen-bond acceptors (Lipinski definition) is 6. The second kappa shape index (κ2) is 7.24. The Morgan fingerprint density at radius 3 is 2.83 bits per heavy atom. The number of nitro groups is 1. The summed E-state index contributed by atoms with van der Waals surface area (Å²) in [5.74, 6) is -0.320. The van der Waals surface area contributed by atoms with Crippen LogP contribution in [0.15, 0.2) is 29.2 Å². The van der Waals surface area contributed by atoms with Gasteiger partial charge in [0, 0.05) is 38.3 Å². The number of likely N-dealkylation sites (tertiary alicyclic amines) is 1. The lowest BCUT2D eigenvalue weighted by atomic mass is 10.2. The Bertz CT molecular complexity index is 736. The average Bonchev–Trinajstić information content (AvgIpc) is 3.03. The fourth-order valence-corrected chi connectivity index (χ4v) is 3.87. The molecular weight excluding hydrogens is 336 g/mol. The minimum Gasteiger partial charge on any atom is -0.337 e. The standard InChI is InChI=1S/C14H20N4O5S/c1-16(10-14(19)17-7-3-5-12(17)9-15)24(22,23)13-6-2-4-11(8-13)18(20)21/h2,4,6,8,12H,3,5,7,9-10,15H2,1H3. The summed E-state index contributed by atoms with van der Waals surface area (Å²) in [6.07, 6.45) is 1.65. The van der Waals surface area contributed by atoms with Gasteiger partial charge in [0.15, 0.2) is 0 Å². The van der Waals surface area contributed by atoms with Crippen molar-refractivity contribution < 1.29 is 18.1 Å². The van der Waals surface area contributed by atoms with Gasteiger partial charge in [0.05, 0.1) is 16.4 Å². The fourth-order valence-electron chi connectivity index (χ4n) is 2.71. The van der Waals surface area contributed by atoms with E-state index in [1.807, 2.05) is 0 Å². The molecule has 1 aromatic rings. The highest BCUT2D eigenvalue weighted by atomic mass is 32.2. The third kappa shape index (κ3) is 3.71. The highest BCUT2D eigenvalue weighted by Crippen LogP contribution is 2.21. The summed E-state index contributed by atoms with van der Waals surface area (Å²) in [7, 11) is -2.72. The van der Waals surface area contributed by atoms with E-state index in [-0.39, 0.29) is 29.1 Å². The first-order chi connectivity index (χ1) is 11.3. The first-order valence-electron chi connectivity index (χ1n) is 7.47. The number of nitrogens with zero attached hydrogens (tertiary/aromatic N) is 3. The van der Waals surface area contributed by atoms with Gasteiger partial charge in [-0.3, -0.25) is 14.9 Å². The Labute approximate surface area is 140 Å². The van der Waals surface area contributed by atoms with Gasteiger partial charge in [0.1, 0.15) is 0 Å². The molecule has 1 aliphatic rings. The van der Waals surface area contributed by atoms with Crippen LogP contribution < -0.4 is 5.73 Å². The molecule has 24 heavy (non-hydrogen) atoms. The third-order valence-electron chi connectivity index (χ3n) is 4.06. The number of nitro benzene ring substituents is 1. The Morgan fingerprint density at radius 1 is 1.50 bits per heavy atom. The number of benzene rings is 1. The summed E-state index contributed by atoms with van der Waals surface area (Å²) < 4.78 is 25.9. The molecule has 0 aliphatic carbocycles. The Kier molecular flexibility index (Phi) is 5.52. The van der Waals surface area contributed by atoms with Gasteiger partial charge in [-0.2, -0.15) is 4.31 Å². The number of likely N-dealkylation sites (N-methyl/N-ethyl adjacent to an activating group) is 1. The lowest BCUT2D eigenvalue weighted by Gasteiger charge is -2.26. The summed E-state index contributed by atoms with van der Waals surface area (Å²) in [6, 6.07) is 4.69. The van der Waals surface area contributed by atoms with Gasteiger partial charge < -0.3 is 10.6 Å². The fraction of sp³-hybridized carbons (Fsp3) is 0.500. The third-order valence-corrected chi connectivity index (χ3v) is 5.86. The molecule has 0 bridgehead atoms. The summed E-state index contributed by atoms with van der Waals surface area (Å²) in [4.78, 5) is 23.8. The number of carbonyl (C=O) groups excluding carboxylic acids is 1. The van der Waals surface area contributed by atoms with E-state index in [1.165, 1.54) is 25.2 Å². The topological polar surface area (TPSA) is 127 Å². The minimum atomic E-state index is -3.99. The van der Waals surface area contributed by atoms with Crippen molar-refractivity contribution >= 4 is 21.6 Å². The summed E-state index contributed by atoms with van der Waals surface area (Å²) in [5, 5.41) is 10.8. The number of non-ortho nitro benzene ring substituents is 1. The summed E-state index contributed by atoms with van der Waals surface area (Å²) in [5.41, 5.74) is 5.30. The second-order valence-corrected chi connectivity index (χ2v) is 7.68. The number of carbonyl (C=O) groups is 1. The van der Waals surface area contributed by atoms with Gasteiger partial charge in [-0.05, 0) is 18.9 Å². The van der Waals surface area contributed by atoms with Crippen molar-refractivity contribution in [3.63, 3.8) is 0 Å². The molecule has 0 saturated carbocycles. The predicted molar refractivity (Wildman–Crippen MR) is 86.7 cm³/mol. The van der Waals surface area contributed by atoms with Gasteiger partial charge in [-0.1, -0.05) is 6.07 Å². The van der Waals surface area contributed by atoms with Crippen LogP contribution in [0.5, 0.6) is 0 Å². The summed E-state index contributed by atoms with van der Waals surface area (Å²) in [6.45, 7) is 0.569. The van der Waals surface area contributed by atoms with E-state index in [1.54, 1.807) is 4.90 Å². The highest BCUT2D eigenvalue weighted by molar-refractivity contribution is 7.89. The summed E-state index contributed by atoms with van der Waals surface area (Å²) >= 11 is 0. The number of amides is 1. The van der Waals surface area contributed by atoms with Gasteiger partial charge in [0.25, 0.3) is 5.69 Å². The minimum absolute atomic E-state index is 0.0635. The zero-order valence-corrected chi connectivity index (χ0v) is 14.1. The van der Waals surface area contributed by atoms with Crippen LogP contribution in [0.1, 0.15) is 12.8 Å². The molecule has 2 rings (SSSR count). The molecule has 1 aliphatic heterocycles. The smallest absolute Gasteiger partial charge is 0.270 e. The molecule has 1 aromatic carbocycles. The Hall–Kier alpha value is -2.04. The molecule has 9 nitrogen and oxygen atoms in total. The molecule has 1 atom stereocenters. The van der Waals surface area contributed by atoms with Crippen molar-refractivity contribution in [3.8, 4) is 0 Å². The van der Waals surface area contributed by atoms with Crippen LogP contribution in [0.25, 0.3) is 0 Å². The number of nitrogens with two attached hydrogens (primary N) is 1. The molecule has 1 fully saturated rings. The lowest BCUT2D eigenvalue weighted by Crippen LogP contribution is -2.45. The van der Waals surface area contributed by atoms with Crippen LogP contribution >= 0.6 is 0 Å². The molecule has 0 spiro atoms. The van der Waals surface area contributed by atoms with Crippen molar-refractivity contribution in [1.82, 2.24) is 9.21 Å². The first kappa shape index (κ1) is 18.3. The van der Waals surface area contributed by atoms with Crippen molar-refractivity contribution in [2.24, 2.45) is 5.73 Å². The van der Waals surface area contributed by atoms with Gasteiger partial charge in [0.2, 0.25) is 15.9 Å². The maximum atomic E-state index is 12.5. The monoisotopic (exact) mass is 356 g/mol. The Balaban J connectivity index is 2.16. The van der Waals surface area contributed by atoms with Crippen LogP contribution in [0.4, 0.5) is 5.69 Å². The maximum Gasteiger partial charge on any atom is 0.270 e. The molecule has 1 saturated heterocycles. The van der Waals surface area contributed by atoms with E-state index in [0.717, 1.165) is 23.2 Å². The van der Waals surface area contributed by atoms with Crippen LogP contribution in [0.2, 0.25) is 0 Å². The van der Waals surface area contributed by atoms with Crippen molar-refractivity contribution in [1.29, 1.82) is 0 Å². The van der Waals surface area contributed by atoms with Crippen LogP contribution in [-0.2, 0) is 14.8 Å². The van der Waals surface area contributed by atoms with Crippen LogP contribution in [0, 0.1) is 10.1 Å². The van der Waals surface area contributed by atoms with Crippen molar-refractivity contribution in [2.45, 2.75) is 23.8 Å². The first-order valence-corrected chi connectivity index (χ1v) is 8.91. The number of rotatable bonds is 6. The van der Waals surface area contributed by atoms with E-state index in [0.29, 0.717) is 13.1 Å². The van der Waals surface area contributed by atoms with Crippen molar-refractivity contribution in [2.75, 3.05) is 26.7 Å². The van der Waals surface area contributed by atoms with E-state index in [2.05, 4.69) is 0 Å². The van der Waals surface area contributed by atoms with Crippen LogP contribution in [-0.4, -0.2) is 61.2 Å². The van der Waals surface area contributed by atoms with E-state index in [9.17, 15) is 23.3 Å². The van der Waals surface area contributed by atoms with Gasteiger partial charge in [-0.15, -0.1) is 0 Å². The molecule has 0 aromatic heterocycles. The van der Waals surface area contributed by atoms with Crippen LogP contribution in [0.3, 0.4) is 0 Å². The lowest BCUT2D eigenvalue weighted by molar-refractivity contribution is -0.385.